The van der Waals surface area contributed by atoms with Crippen LogP contribution in [-0.2, 0) is 15.7 Å². The molecule has 0 radical (unpaired) electrons. The van der Waals surface area contributed by atoms with Crippen LogP contribution in [0.4, 0.5) is 24.5 Å². The van der Waals surface area contributed by atoms with Crippen LogP contribution in [0, 0.1) is 17.0 Å². The molecule has 0 aliphatic carbocycles. The van der Waals surface area contributed by atoms with Crippen LogP contribution >= 0.6 is 0 Å². The number of nitro groups is 1. The summed E-state index contributed by atoms with van der Waals surface area (Å²) in [6, 6.07) is 8.14. The lowest BCUT2D eigenvalue weighted by atomic mass is 10.1. The van der Waals surface area contributed by atoms with Crippen LogP contribution in [0.5, 0.6) is 0 Å². The molecule has 0 heterocycles. The second kappa shape index (κ2) is 8.07. The highest BCUT2D eigenvalue weighted by molar-refractivity contribution is 5.98. The smallest absolute Gasteiger partial charge is 0.418 e. The number of benzene rings is 2. The SMILES string of the molecule is Cc1c(C(=O)OC(C)C(=O)Nc2ccccc2C(F)(F)F)cccc1[N+](=O)[O-]. The number of hydrogen-bond acceptors (Lipinski definition) is 5. The summed E-state index contributed by atoms with van der Waals surface area (Å²) in [7, 11) is 0. The Morgan fingerprint density at radius 3 is 2.39 bits per heavy atom. The van der Waals surface area contributed by atoms with Gasteiger partial charge in [0.1, 0.15) is 0 Å². The summed E-state index contributed by atoms with van der Waals surface area (Å²) >= 11 is 0. The summed E-state index contributed by atoms with van der Waals surface area (Å²) in [5, 5.41) is 13.0. The Bertz CT molecular complexity index is 928. The van der Waals surface area contributed by atoms with Gasteiger partial charge in [-0.2, -0.15) is 13.2 Å². The molecule has 2 aromatic rings. The molecule has 0 bridgehead atoms. The van der Waals surface area contributed by atoms with Crippen LogP contribution in [0.3, 0.4) is 0 Å². The first-order chi connectivity index (χ1) is 13.0. The third kappa shape index (κ3) is 4.64. The molecule has 0 aromatic heterocycles. The molecule has 1 atom stereocenters. The number of amides is 1. The number of rotatable bonds is 5. The van der Waals surface area contributed by atoms with E-state index in [0.717, 1.165) is 12.1 Å². The summed E-state index contributed by atoms with van der Waals surface area (Å²) in [6.07, 6.45) is -6.11. The van der Waals surface area contributed by atoms with E-state index >= 15 is 0 Å². The fraction of sp³-hybridized carbons (Fsp3) is 0.222. The van der Waals surface area contributed by atoms with Crippen LogP contribution in [0.25, 0.3) is 0 Å². The Kier molecular flexibility index (Phi) is 6.02. The normalized spacial score (nSPS) is 12.2. The molecule has 0 saturated carbocycles. The zero-order chi connectivity index (χ0) is 21.1. The lowest BCUT2D eigenvalue weighted by Crippen LogP contribution is -2.31. The molecule has 0 spiro atoms. The minimum absolute atomic E-state index is 0.0486. The lowest BCUT2D eigenvalue weighted by Gasteiger charge is -2.17. The Hall–Kier alpha value is -3.43. The molecule has 10 heteroatoms. The van der Waals surface area contributed by atoms with Gasteiger partial charge in [0.15, 0.2) is 6.10 Å². The van der Waals surface area contributed by atoms with E-state index in [0.29, 0.717) is 0 Å². The second-order valence-corrected chi connectivity index (χ2v) is 5.79. The number of nitrogens with one attached hydrogen (secondary N) is 1. The maximum absolute atomic E-state index is 13.0. The van der Waals surface area contributed by atoms with Crippen molar-refractivity contribution in [1.82, 2.24) is 0 Å². The fourth-order valence-electron chi connectivity index (χ4n) is 2.39. The van der Waals surface area contributed by atoms with Gasteiger partial charge in [0.05, 0.1) is 21.7 Å². The molecule has 2 rings (SSSR count). The highest BCUT2D eigenvalue weighted by Gasteiger charge is 2.34. The number of para-hydroxylation sites is 1. The van der Waals surface area contributed by atoms with E-state index in [1.165, 1.54) is 44.2 Å². The zero-order valence-electron chi connectivity index (χ0n) is 14.7. The van der Waals surface area contributed by atoms with Gasteiger partial charge in [-0.15, -0.1) is 0 Å². The Morgan fingerprint density at radius 2 is 1.79 bits per heavy atom. The van der Waals surface area contributed by atoms with Crippen LogP contribution in [0.15, 0.2) is 42.5 Å². The highest BCUT2D eigenvalue weighted by atomic mass is 19.4. The second-order valence-electron chi connectivity index (χ2n) is 5.79. The van der Waals surface area contributed by atoms with Gasteiger partial charge in [-0.05, 0) is 32.0 Å². The highest BCUT2D eigenvalue weighted by Crippen LogP contribution is 2.34. The van der Waals surface area contributed by atoms with E-state index in [1.54, 1.807) is 0 Å². The first kappa shape index (κ1) is 20.9. The number of nitrogens with zero attached hydrogens (tertiary/aromatic N) is 1. The summed E-state index contributed by atoms with van der Waals surface area (Å²) in [6.45, 7) is 2.52. The van der Waals surface area contributed by atoms with Gasteiger partial charge in [-0.3, -0.25) is 14.9 Å². The lowest BCUT2D eigenvalue weighted by molar-refractivity contribution is -0.385. The number of nitro benzene ring substituents is 1. The van der Waals surface area contributed by atoms with Crippen LogP contribution in [0.2, 0.25) is 0 Å². The Balaban J connectivity index is 2.15. The van der Waals surface area contributed by atoms with E-state index < -0.39 is 40.3 Å². The van der Waals surface area contributed by atoms with Gasteiger partial charge in [-0.1, -0.05) is 18.2 Å². The number of carbonyl (C=O) groups is 2. The van der Waals surface area contributed by atoms with E-state index in [4.69, 9.17) is 4.74 Å². The summed E-state index contributed by atoms with van der Waals surface area (Å²) in [5.74, 6) is -1.99. The van der Waals surface area contributed by atoms with Crippen molar-refractivity contribution in [2.24, 2.45) is 0 Å². The Morgan fingerprint density at radius 1 is 1.14 bits per heavy atom. The summed E-state index contributed by atoms with van der Waals surface area (Å²) in [5.41, 5.74) is -1.89. The average Bonchev–Trinajstić information content (AvgIpc) is 2.60. The van der Waals surface area contributed by atoms with Gasteiger partial charge in [-0.25, -0.2) is 4.79 Å². The van der Waals surface area contributed by atoms with Crippen molar-refractivity contribution >= 4 is 23.3 Å². The molecule has 148 valence electrons. The monoisotopic (exact) mass is 396 g/mol. The molecule has 2 aromatic carbocycles. The number of esters is 1. The molecule has 1 amide bonds. The third-order valence-corrected chi connectivity index (χ3v) is 3.87. The topological polar surface area (TPSA) is 98.5 Å². The first-order valence-electron chi connectivity index (χ1n) is 7.94. The van der Waals surface area contributed by atoms with Crippen molar-refractivity contribution < 1.29 is 32.4 Å². The van der Waals surface area contributed by atoms with E-state index in [-0.39, 0.29) is 16.8 Å². The van der Waals surface area contributed by atoms with Crippen molar-refractivity contribution in [1.29, 1.82) is 0 Å². The minimum Gasteiger partial charge on any atom is -0.449 e. The van der Waals surface area contributed by atoms with Gasteiger partial charge >= 0.3 is 12.1 Å². The van der Waals surface area contributed by atoms with Gasteiger partial charge in [0.2, 0.25) is 0 Å². The average molecular weight is 396 g/mol. The first-order valence-corrected chi connectivity index (χ1v) is 7.94. The number of halogens is 3. The van der Waals surface area contributed by atoms with Crippen LogP contribution in [-0.4, -0.2) is 22.9 Å². The van der Waals surface area contributed by atoms with Crippen molar-refractivity contribution in [3.63, 3.8) is 0 Å². The summed E-state index contributed by atoms with van der Waals surface area (Å²) < 4.78 is 43.9. The number of ether oxygens (including phenoxy) is 1. The molecule has 1 unspecified atom stereocenters. The van der Waals surface area contributed by atoms with Crippen molar-refractivity contribution in [2.45, 2.75) is 26.1 Å². The van der Waals surface area contributed by atoms with E-state index in [1.807, 2.05) is 0 Å². The molecule has 28 heavy (non-hydrogen) atoms. The molecule has 0 aliphatic heterocycles. The fourth-order valence-corrected chi connectivity index (χ4v) is 2.39. The van der Waals surface area contributed by atoms with Gasteiger partial charge in [0, 0.05) is 11.6 Å². The van der Waals surface area contributed by atoms with E-state index in [9.17, 15) is 32.9 Å². The predicted octanol–water partition coefficient (Wildman–Crippen LogP) is 4.11. The molecule has 1 N–H and O–H groups in total. The largest absolute Gasteiger partial charge is 0.449 e. The molecule has 0 saturated heterocycles. The molecule has 0 aliphatic rings. The quantitative estimate of drug-likeness (QED) is 0.466. The van der Waals surface area contributed by atoms with Crippen molar-refractivity contribution in [3.8, 4) is 0 Å². The van der Waals surface area contributed by atoms with Crippen molar-refractivity contribution in [2.75, 3.05) is 5.32 Å². The Labute approximate surface area is 157 Å². The van der Waals surface area contributed by atoms with Gasteiger partial charge < -0.3 is 10.1 Å². The molecule has 0 fully saturated rings. The number of anilines is 1. The van der Waals surface area contributed by atoms with E-state index in [2.05, 4.69) is 5.32 Å². The predicted molar refractivity (Wildman–Crippen MR) is 92.8 cm³/mol. The summed E-state index contributed by atoms with van der Waals surface area (Å²) in [4.78, 5) is 34.7. The zero-order valence-corrected chi connectivity index (χ0v) is 14.7. The van der Waals surface area contributed by atoms with Gasteiger partial charge in [0.25, 0.3) is 11.6 Å². The van der Waals surface area contributed by atoms with Crippen LogP contribution in [0.1, 0.15) is 28.4 Å². The molecular weight excluding hydrogens is 381 g/mol. The number of hydrogen-bond donors (Lipinski definition) is 1. The minimum atomic E-state index is -4.68. The number of alkyl halides is 3. The standard InChI is InChI=1S/C18H15F3N2O5/c1-10-12(6-5-9-15(10)23(26)27)17(25)28-11(2)16(24)22-14-8-4-3-7-13(14)18(19,20)21/h3-9,11H,1-2H3,(H,22,24). The van der Waals surface area contributed by atoms with Crippen molar-refractivity contribution in [3.05, 3.63) is 69.3 Å². The molecule has 7 nitrogen and oxygen atoms in total. The maximum Gasteiger partial charge on any atom is 0.418 e. The third-order valence-electron chi connectivity index (χ3n) is 3.87. The maximum atomic E-state index is 13.0. The number of carbonyl (C=O) groups excluding carboxylic acids is 2. The van der Waals surface area contributed by atoms with Crippen LogP contribution < -0.4 is 5.32 Å². The molecular formula is C18H15F3N2O5.